The molecule has 1 fully saturated rings. The molecular weight excluding hydrogens is 379 g/mol. The molecule has 0 bridgehead atoms. The molecule has 0 spiro atoms. The molecule has 142 valence electrons. The van der Waals surface area contributed by atoms with Crippen LogP contribution in [0.25, 0.3) is 0 Å². The van der Waals surface area contributed by atoms with Gasteiger partial charge in [-0.1, -0.05) is 23.7 Å². The van der Waals surface area contributed by atoms with Crippen molar-refractivity contribution in [2.45, 2.75) is 19.1 Å². The molecule has 1 heterocycles. The smallest absolute Gasteiger partial charge is 0.245 e. The van der Waals surface area contributed by atoms with Crippen LogP contribution in [0.4, 0.5) is 10.1 Å². The predicted octanol–water partition coefficient (Wildman–Crippen LogP) is 5.29. The highest BCUT2D eigenvalue weighted by Gasteiger charge is 2.38. The number of nitrogens with zero attached hydrogens (tertiary/aromatic N) is 1. The Labute approximate surface area is 167 Å². The van der Waals surface area contributed by atoms with E-state index in [1.165, 1.54) is 12.1 Å². The fourth-order valence-corrected chi connectivity index (χ4v) is 3.36. The molecule has 3 aromatic rings. The van der Waals surface area contributed by atoms with Gasteiger partial charge in [-0.15, -0.1) is 0 Å². The quantitative estimate of drug-likeness (QED) is 0.651. The molecule has 3 aromatic carbocycles. The van der Waals surface area contributed by atoms with E-state index in [9.17, 15) is 9.18 Å². The summed E-state index contributed by atoms with van der Waals surface area (Å²) < 4.78 is 19.5. The van der Waals surface area contributed by atoms with Crippen LogP contribution in [0.1, 0.15) is 18.7 Å². The molecule has 0 aliphatic carbocycles. The third-order valence-electron chi connectivity index (χ3n) is 4.60. The van der Waals surface area contributed by atoms with E-state index in [-0.39, 0.29) is 17.8 Å². The topological polar surface area (TPSA) is 41.6 Å². The standard InChI is InChI=1S/C22H18ClFN2O2/c1-14-22(27)26(21(25-14)15-3-2-4-17(24)13-15)18-7-11-20(12-8-18)28-19-9-5-16(23)6-10-19/h2-14,21,25H,1H3/t14-,21?/m0/s1. The van der Waals surface area contributed by atoms with Crippen LogP contribution in [0.2, 0.25) is 5.02 Å². The first-order chi connectivity index (χ1) is 13.5. The summed E-state index contributed by atoms with van der Waals surface area (Å²) in [7, 11) is 0. The average Bonchev–Trinajstić information content (AvgIpc) is 2.99. The normalized spacial score (nSPS) is 19.1. The van der Waals surface area contributed by atoms with Crippen molar-refractivity contribution in [1.82, 2.24) is 5.32 Å². The highest BCUT2D eigenvalue weighted by molar-refractivity contribution is 6.30. The van der Waals surface area contributed by atoms with E-state index in [0.717, 1.165) is 0 Å². The van der Waals surface area contributed by atoms with Crippen LogP contribution in [0.5, 0.6) is 11.5 Å². The van der Waals surface area contributed by atoms with Gasteiger partial charge in [0.25, 0.3) is 0 Å². The number of anilines is 1. The summed E-state index contributed by atoms with van der Waals surface area (Å²) in [6.07, 6.45) is -0.429. The van der Waals surface area contributed by atoms with Gasteiger partial charge in [0.2, 0.25) is 5.91 Å². The maximum atomic E-state index is 13.7. The molecule has 1 aliphatic heterocycles. The van der Waals surface area contributed by atoms with Crippen LogP contribution in [-0.4, -0.2) is 11.9 Å². The molecule has 1 unspecified atom stereocenters. The lowest BCUT2D eigenvalue weighted by molar-refractivity contribution is -0.118. The van der Waals surface area contributed by atoms with Crippen molar-refractivity contribution in [3.63, 3.8) is 0 Å². The molecule has 1 saturated heterocycles. The van der Waals surface area contributed by atoms with Crippen molar-refractivity contribution >= 4 is 23.2 Å². The Bertz CT molecular complexity index is 992. The van der Waals surface area contributed by atoms with Gasteiger partial charge in [-0.2, -0.15) is 0 Å². The van der Waals surface area contributed by atoms with Crippen LogP contribution in [0.15, 0.2) is 72.8 Å². The van der Waals surface area contributed by atoms with Crippen molar-refractivity contribution in [3.05, 3.63) is 89.2 Å². The van der Waals surface area contributed by atoms with Crippen LogP contribution >= 0.6 is 11.6 Å². The zero-order valence-electron chi connectivity index (χ0n) is 15.1. The summed E-state index contributed by atoms with van der Waals surface area (Å²) in [6, 6.07) is 20.2. The molecular formula is C22H18ClFN2O2. The van der Waals surface area contributed by atoms with Gasteiger partial charge < -0.3 is 4.74 Å². The number of hydrogen-bond donors (Lipinski definition) is 1. The fourth-order valence-electron chi connectivity index (χ4n) is 3.23. The minimum atomic E-state index is -0.429. The summed E-state index contributed by atoms with van der Waals surface area (Å²) in [5, 5.41) is 3.86. The molecule has 6 heteroatoms. The lowest BCUT2D eigenvalue weighted by atomic mass is 10.1. The SMILES string of the molecule is C[C@@H]1NC(c2cccc(F)c2)N(c2ccc(Oc3ccc(Cl)cc3)cc2)C1=O. The van der Waals surface area contributed by atoms with Crippen LogP contribution in [-0.2, 0) is 4.79 Å². The zero-order valence-corrected chi connectivity index (χ0v) is 15.9. The van der Waals surface area contributed by atoms with E-state index in [4.69, 9.17) is 16.3 Å². The first-order valence-electron chi connectivity index (χ1n) is 8.89. The van der Waals surface area contributed by atoms with Gasteiger partial charge in [0.1, 0.15) is 23.5 Å². The van der Waals surface area contributed by atoms with Crippen molar-refractivity contribution in [3.8, 4) is 11.5 Å². The maximum Gasteiger partial charge on any atom is 0.245 e. The number of halogens is 2. The second-order valence-electron chi connectivity index (χ2n) is 6.60. The molecule has 0 saturated carbocycles. The summed E-state index contributed by atoms with van der Waals surface area (Å²) in [4.78, 5) is 14.4. The Morgan fingerprint density at radius 1 is 1.00 bits per heavy atom. The summed E-state index contributed by atoms with van der Waals surface area (Å²) in [6.45, 7) is 1.80. The highest BCUT2D eigenvalue weighted by atomic mass is 35.5. The third kappa shape index (κ3) is 3.72. The molecule has 28 heavy (non-hydrogen) atoms. The van der Waals surface area contributed by atoms with Gasteiger partial charge in [-0.25, -0.2) is 4.39 Å². The molecule has 4 nitrogen and oxygen atoms in total. The van der Waals surface area contributed by atoms with Crippen LogP contribution in [0, 0.1) is 5.82 Å². The first kappa shape index (κ1) is 18.5. The average molecular weight is 397 g/mol. The van der Waals surface area contributed by atoms with Gasteiger partial charge in [0, 0.05) is 10.7 Å². The van der Waals surface area contributed by atoms with Gasteiger partial charge in [-0.05, 0) is 73.2 Å². The van der Waals surface area contributed by atoms with Gasteiger partial charge >= 0.3 is 0 Å². The number of carbonyl (C=O) groups is 1. The molecule has 0 aromatic heterocycles. The number of rotatable bonds is 4. The van der Waals surface area contributed by atoms with E-state index in [0.29, 0.717) is 27.8 Å². The third-order valence-corrected chi connectivity index (χ3v) is 4.85. The number of nitrogens with one attached hydrogen (secondary N) is 1. The second kappa shape index (κ2) is 7.62. The van der Waals surface area contributed by atoms with Crippen molar-refractivity contribution in [2.24, 2.45) is 0 Å². The fraction of sp³-hybridized carbons (Fsp3) is 0.136. The summed E-state index contributed by atoms with van der Waals surface area (Å²) in [5.41, 5.74) is 1.40. The van der Waals surface area contributed by atoms with Crippen LogP contribution < -0.4 is 15.0 Å². The second-order valence-corrected chi connectivity index (χ2v) is 7.04. The van der Waals surface area contributed by atoms with E-state index < -0.39 is 6.17 Å². The molecule has 1 amide bonds. The largest absolute Gasteiger partial charge is 0.457 e. The minimum absolute atomic E-state index is 0.0689. The zero-order chi connectivity index (χ0) is 19.7. The number of carbonyl (C=O) groups excluding carboxylic acids is 1. The molecule has 1 aliphatic rings. The molecule has 0 radical (unpaired) electrons. The number of ether oxygens (including phenoxy) is 1. The monoisotopic (exact) mass is 396 g/mol. The Kier molecular flexibility index (Phi) is 5.03. The minimum Gasteiger partial charge on any atom is -0.457 e. The van der Waals surface area contributed by atoms with Gasteiger partial charge in [0.15, 0.2) is 0 Å². The predicted molar refractivity (Wildman–Crippen MR) is 107 cm³/mol. The number of benzene rings is 3. The van der Waals surface area contributed by atoms with Gasteiger partial charge in [0.05, 0.1) is 6.04 Å². The Balaban J connectivity index is 1.59. The molecule has 4 rings (SSSR count). The number of amides is 1. The molecule has 1 N–H and O–H groups in total. The van der Waals surface area contributed by atoms with E-state index >= 15 is 0 Å². The lowest BCUT2D eigenvalue weighted by Gasteiger charge is -2.25. The first-order valence-corrected chi connectivity index (χ1v) is 9.27. The molecule has 2 atom stereocenters. The van der Waals surface area contributed by atoms with Crippen molar-refractivity contribution in [1.29, 1.82) is 0 Å². The Morgan fingerprint density at radius 2 is 1.64 bits per heavy atom. The van der Waals surface area contributed by atoms with Crippen LogP contribution in [0.3, 0.4) is 0 Å². The number of hydrogen-bond acceptors (Lipinski definition) is 3. The maximum absolute atomic E-state index is 13.7. The summed E-state index contributed by atoms with van der Waals surface area (Å²) in [5.74, 6) is 0.905. The van der Waals surface area contributed by atoms with E-state index in [1.54, 1.807) is 60.4 Å². The lowest BCUT2D eigenvalue weighted by Crippen LogP contribution is -2.30. The van der Waals surface area contributed by atoms with E-state index in [1.807, 2.05) is 12.1 Å². The highest BCUT2D eigenvalue weighted by Crippen LogP contribution is 2.33. The summed E-state index contributed by atoms with van der Waals surface area (Å²) >= 11 is 5.89. The Hall–Kier alpha value is -2.89. The van der Waals surface area contributed by atoms with Crippen molar-refractivity contribution in [2.75, 3.05) is 4.90 Å². The Morgan fingerprint density at radius 3 is 2.29 bits per heavy atom. The van der Waals surface area contributed by atoms with E-state index in [2.05, 4.69) is 5.32 Å². The van der Waals surface area contributed by atoms with Gasteiger partial charge in [-0.3, -0.25) is 15.0 Å². The van der Waals surface area contributed by atoms with Crippen molar-refractivity contribution < 1.29 is 13.9 Å².